The zero-order valence-corrected chi connectivity index (χ0v) is 44.9. The predicted octanol–water partition coefficient (Wildman–Crippen LogP) is 4.74. The van der Waals surface area contributed by atoms with Crippen molar-refractivity contribution >= 4 is 103 Å². The van der Waals surface area contributed by atoms with Gasteiger partial charge in [0, 0.05) is 62.8 Å². The number of hydrogen-bond donors (Lipinski definition) is 7. The number of carbonyl (C=O) groups excluding carboxylic acids is 6. The first-order valence-electron chi connectivity index (χ1n) is 23.2. The number of nitrogens with zero attached hydrogens (tertiary/aromatic N) is 8. The highest BCUT2D eigenvalue weighted by molar-refractivity contribution is 7.15. The van der Waals surface area contributed by atoms with E-state index in [1.165, 1.54) is 56.1 Å². The molecule has 390 valence electrons. The average Bonchev–Trinajstić information content (AvgIpc) is 4.27. The third-order valence-corrected chi connectivity index (χ3v) is 17.7. The summed E-state index contributed by atoms with van der Waals surface area (Å²) in [5.74, 6) is -3.59. The van der Waals surface area contributed by atoms with E-state index in [1.54, 1.807) is 59.0 Å². The van der Waals surface area contributed by atoms with Crippen LogP contribution in [-0.2, 0) is 22.6 Å². The van der Waals surface area contributed by atoms with Crippen molar-refractivity contribution in [1.29, 1.82) is 0 Å². The number of aliphatic hydroxyl groups is 1. The summed E-state index contributed by atoms with van der Waals surface area (Å²) < 4.78 is 5.67. The standard InChI is InChI=1S/C48H44N14O8S6/c1-20-33(63)14-62-38(20)47-60-32(19-75-47)45-57-28(15-73-45)37-24(7-8-25(54-37)44-58-29(16-74-44)39(51)65)43-59-31(18-72-43)41(67)55-26(12-34(50)64)46-61-36(21(2)76-46)42(68)52-13-35-53-30(17-71-35)40(66)56-27(48(62)69)11-22-3-5-23(6-4-22)70-10-9-49/h3-8,15-20,26-27,33,38,63H,9-14,49H2,1-2H3,(H2,50,64)(H2,51,65)(H,52,68)(H,55,67)(H,56,66)/t20-,26-,27-,33-,38+/m0/s1. The smallest absolute Gasteiger partial charge is 0.271 e. The molecule has 10 rings (SSSR count). The van der Waals surface area contributed by atoms with Crippen molar-refractivity contribution in [3.8, 4) is 49.1 Å². The second kappa shape index (κ2) is 22.1. The van der Waals surface area contributed by atoms with Gasteiger partial charge in [0.05, 0.1) is 36.8 Å². The summed E-state index contributed by atoms with van der Waals surface area (Å²) in [5.41, 5.74) is 19.9. The normalized spacial score (nSPS) is 19.1. The van der Waals surface area contributed by atoms with Gasteiger partial charge in [0.15, 0.2) is 0 Å². The van der Waals surface area contributed by atoms with Crippen LogP contribution in [-0.4, -0.2) is 112 Å². The van der Waals surface area contributed by atoms with E-state index >= 15 is 0 Å². The maximum absolute atomic E-state index is 15.0. The number of thiazole rings is 6. The lowest BCUT2D eigenvalue weighted by atomic mass is 10.00. The Morgan fingerprint density at radius 1 is 0.724 bits per heavy atom. The van der Waals surface area contributed by atoms with E-state index in [9.17, 15) is 33.9 Å². The molecule has 0 unspecified atom stereocenters. The van der Waals surface area contributed by atoms with Gasteiger partial charge in [0.2, 0.25) is 11.8 Å². The number of aliphatic hydroxyl groups excluding tert-OH is 1. The van der Waals surface area contributed by atoms with Crippen LogP contribution < -0.4 is 37.9 Å². The van der Waals surface area contributed by atoms with Crippen molar-refractivity contribution in [3.63, 3.8) is 0 Å². The zero-order chi connectivity index (χ0) is 53.4. The number of nitrogens with one attached hydrogen (secondary N) is 3. The lowest BCUT2D eigenvalue weighted by Gasteiger charge is -2.29. The fourth-order valence-electron chi connectivity index (χ4n) is 8.45. The molecule has 28 heteroatoms. The number of aromatic nitrogens is 7. The molecule has 2 aliphatic rings. The molecule has 0 radical (unpaired) electrons. The van der Waals surface area contributed by atoms with Gasteiger partial charge in [-0.25, -0.2) is 34.9 Å². The number of ether oxygens (including phenoxy) is 1. The van der Waals surface area contributed by atoms with Gasteiger partial charge >= 0.3 is 0 Å². The fraction of sp³-hybridized carbons (Fsp3) is 0.271. The molecule has 0 saturated carbocycles. The highest BCUT2D eigenvalue weighted by atomic mass is 32.1. The molecule has 10 bridgehead atoms. The fourth-order valence-corrected chi connectivity index (χ4v) is 13.6. The Balaban J connectivity index is 1.04. The summed E-state index contributed by atoms with van der Waals surface area (Å²) in [4.78, 5) is 116. The first kappa shape index (κ1) is 52.1. The van der Waals surface area contributed by atoms with Crippen LogP contribution in [0.1, 0.15) is 92.8 Å². The SMILES string of the molecule is Cc1sc2nc1C(=O)NCc1nc(cs1)C(=O)N[C@@H](Cc1ccc(OCCN)cc1)C(=O)N1C[C@H](O)[C@H](C)[C@@H]1c1nc(cs1)-c1nc(cs1)-c1nc(-c3nc(C(N)=O)cs3)ccc1-c1nc(cs1)C(=O)N[C@H]2CC(N)=O. The molecule has 0 aliphatic carbocycles. The summed E-state index contributed by atoms with van der Waals surface area (Å²) in [6.45, 7) is 4.05. The summed E-state index contributed by atoms with van der Waals surface area (Å²) in [5, 5.41) is 30.7. The second-order valence-electron chi connectivity index (χ2n) is 17.5. The number of hydrogen-bond acceptors (Lipinski definition) is 22. The number of rotatable bonds is 9. The molecule has 8 aromatic rings. The minimum atomic E-state index is -1.13. The van der Waals surface area contributed by atoms with Gasteiger partial charge in [-0.3, -0.25) is 28.8 Å². The van der Waals surface area contributed by atoms with E-state index in [0.29, 0.717) is 82.7 Å². The highest BCUT2D eigenvalue weighted by Gasteiger charge is 2.45. The van der Waals surface area contributed by atoms with Crippen molar-refractivity contribution in [1.82, 2.24) is 55.7 Å². The van der Waals surface area contributed by atoms with E-state index in [0.717, 1.165) is 22.7 Å². The van der Waals surface area contributed by atoms with Gasteiger partial charge in [-0.15, -0.1) is 68.0 Å². The first-order valence-corrected chi connectivity index (χ1v) is 28.5. The Morgan fingerprint density at radius 2 is 1.41 bits per heavy atom. The molecular formula is C48H44N14O8S6. The number of benzene rings is 1. The van der Waals surface area contributed by atoms with Crippen molar-refractivity contribution in [2.45, 2.75) is 57.5 Å². The van der Waals surface area contributed by atoms with Gasteiger partial charge in [-0.05, 0) is 36.8 Å². The highest BCUT2D eigenvalue weighted by Crippen LogP contribution is 2.42. The first-order chi connectivity index (χ1) is 36.6. The van der Waals surface area contributed by atoms with Crippen LogP contribution in [0.25, 0.3) is 43.4 Å². The minimum absolute atomic E-state index is 0.0131. The van der Waals surface area contributed by atoms with Crippen LogP contribution in [0.3, 0.4) is 0 Å². The zero-order valence-electron chi connectivity index (χ0n) is 40.0. The van der Waals surface area contributed by atoms with E-state index in [-0.39, 0.29) is 53.7 Å². The van der Waals surface area contributed by atoms with Crippen molar-refractivity contribution in [3.05, 3.63) is 112 Å². The molecule has 1 saturated heterocycles. The van der Waals surface area contributed by atoms with Gasteiger partial charge in [-0.1, -0.05) is 19.1 Å². The molecule has 22 nitrogen and oxygen atoms in total. The Hall–Kier alpha value is -7.31. The molecule has 5 atom stereocenters. The number of nitrogens with two attached hydrogens (primary N) is 3. The number of amides is 6. The molecule has 9 heterocycles. The summed E-state index contributed by atoms with van der Waals surface area (Å²) >= 11 is 7.18. The van der Waals surface area contributed by atoms with Crippen LogP contribution >= 0.6 is 68.0 Å². The number of primary amides is 2. The Kier molecular flexibility index (Phi) is 15.2. The number of fused-ring (bicyclic) bond motifs is 16. The van der Waals surface area contributed by atoms with Gasteiger partial charge in [0.1, 0.15) is 88.3 Å². The largest absolute Gasteiger partial charge is 0.492 e. The number of aryl methyl sites for hydroxylation is 1. The second-order valence-corrected chi connectivity index (χ2v) is 23.1. The Bertz CT molecular complexity index is 3530. The van der Waals surface area contributed by atoms with Crippen LogP contribution in [0.2, 0.25) is 0 Å². The van der Waals surface area contributed by atoms with E-state index in [4.69, 9.17) is 41.9 Å². The molecule has 6 amide bonds. The van der Waals surface area contributed by atoms with Crippen LogP contribution in [0, 0.1) is 12.8 Å². The van der Waals surface area contributed by atoms with Crippen molar-refractivity contribution < 1.29 is 38.6 Å². The summed E-state index contributed by atoms with van der Waals surface area (Å²) in [6, 6.07) is 7.74. The van der Waals surface area contributed by atoms with E-state index in [1.807, 2.05) is 12.3 Å². The minimum Gasteiger partial charge on any atom is -0.492 e. The number of pyridine rings is 1. The summed E-state index contributed by atoms with van der Waals surface area (Å²) in [6.07, 6.45) is -1.18. The van der Waals surface area contributed by atoms with Gasteiger partial charge in [-0.2, -0.15) is 0 Å². The van der Waals surface area contributed by atoms with Crippen molar-refractivity contribution in [2.24, 2.45) is 23.1 Å². The maximum Gasteiger partial charge on any atom is 0.271 e. The third-order valence-electron chi connectivity index (χ3n) is 12.3. The summed E-state index contributed by atoms with van der Waals surface area (Å²) in [7, 11) is 0. The van der Waals surface area contributed by atoms with E-state index in [2.05, 4.69) is 30.9 Å². The molecule has 1 aromatic carbocycles. The van der Waals surface area contributed by atoms with Crippen LogP contribution in [0.15, 0.2) is 63.3 Å². The number of carbonyl (C=O) groups is 6. The molecule has 0 spiro atoms. The third kappa shape index (κ3) is 11.0. The maximum atomic E-state index is 15.0. The van der Waals surface area contributed by atoms with Gasteiger partial charge < -0.3 is 47.9 Å². The molecule has 7 aromatic heterocycles. The topological polar surface area (TPSA) is 339 Å². The van der Waals surface area contributed by atoms with Crippen molar-refractivity contribution in [2.75, 3.05) is 19.7 Å². The monoisotopic (exact) mass is 1140 g/mol. The lowest BCUT2D eigenvalue weighted by Crippen LogP contribution is -2.50. The van der Waals surface area contributed by atoms with Crippen LogP contribution in [0.5, 0.6) is 5.75 Å². The lowest BCUT2D eigenvalue weighted by molar-refractivity contribution is -0.134. The molecular weight excluding hydrogens is 1090 g/mol. The predicted molar refractivity (Wildman–Crippen MR) is 287 cm³/mol. The Labute approximate surface area is 455 Å². The molecule has 76 heavy (non-hydrogen) atoms. The molecule has 10 N–H and O–H groups in total. The molecule has 1 fully saturated rings. The quantitative estimate of drug-likeness (QED) is 0.103. The molecule has 2 aliphatic heterocycles. The Morgan fingerprint density at radius 3 is 2.16 bits per heavy atom. The van der Waals surface area contributed by atoms with E-state index < -0.39 is 65.6 Å². The average molecular weight is 1140 g/mol. The van der Waals surface area contributed by atoms with Gasteiger partial charge in [0.25, 0.3) is 23.6 Å². The van der Waals surface area contributed by atoms with Crippen LogP contribution in [0.4, 0.5) is 0 Å².